The number of anilines is 2. The van der Waals surface area contributed by atoms with Gasteiger partial charge in [-0.3, -0.25) is 4.79 Å². The lowest BCUT2D eigenvalue weighted by atomic mass is 10.3. The number of nitriles is 1. The fourth-order valence-corrected chi connectivity index (χ4v) is 1.69. The number of rotatable bonds is 6. The summed E-state index contributed by atoms with van der Waals surface area (Å²) in [7, 11) is 0. The van der Waals surface area contributed by atoms with E-state index in [4.69, 9.17) is 11.0 Å². The molecule has 0 saturated carbocycles. The third-order valence-electron chi connectivity index (χ3n) is 2.79. The van der Waals surface area contributed by atoms with Gasteiger partial charge in [0.05, 0.1) is 5.69 Å². The number of carbonyl (C=O) groups excluding carboxylic acids is 1. The second-order valence-corrected chi connectivity index (χ2v) is 3.99. The molecule has 0 aromatic carbocycles. The highest BCUT2D eigenvalue weighted by atomic mass is 16.2. The Morgan fingerprint density at radius 1 is 1.47 bits per heavy atom. The smallest absolute Gasteiger partial charge is 0.224 e. The summed E-state index contributed by atoms with van der Waals surface area (Å²) in [6.45, 7) is 5.82. The standard InChI is InChI=1S/C13H19N5O/c1-3-18(4-2)13(19)7-8-16-12-6-5-10(15)11(9-14)17-12/h5-6H,3-4,7-8,15H2,1-2H3,(H,16,17). The van der Waals surface area contributed by atoms with E-state index in [0.717, 1.165) is 0 Å². The van der Waals surface area contributed by atoms with E-state index >= 15 is 0 Å². The van der Waals surface area contributed by atoms with Crippen molar-refractivity contribution in [3.05, 3.63) is 17.8 Å². The minimum absolute atomic E-state index is 0.105. The lowest BCUT2D eigenvalue weighted by molar-refractivity contribution is -0.130. The molecule has 102 valence electrons. The fourth-order valence-electron chi connectivity index (χ4n) is 1.69. The van der Waals surface area contributed by atoms with Crippen LogP contribution in [0.1, 0.15) is 26.0 Å². The molecule has 0 unspecified atom stereocenters. The number of nitrogens with one attached hydrogen (secondary N) is 1. The highest BCUT2D eigenvalue weighted by Crippen LogP contribution is 2.11. The van der Waals surface area contributed by atoms with Crippen molar-refractivity contribution in [3.63, 3.8) is 0 Å². The Labute approximate surface area is 113 Å². The molecule has 0 aliphatic rings. The largest absolute Gasteiger partial charge is 0.396 e. The van der Waals surface area contributed by atoms with Crippen LogP contribution in [0.5, 0.6) is 0 Å². The van der Waals surface area contributed by atoms with E-state index in [0.29, 0.717) is 37.6 Å². The first-order valence-electron chi connectivity index (χ1n) is 6.30. The molecule has 0 aliphatic heterocycles. The molecule has 1 heterocycles. The van der Waals surface area contributed by atoms with Gasteiger partial charge >= 0.3 is 0 Å². The van der Waals surface area contributed by atoms with Crippen LogP contribution >= 0.6 is 0 Å². The van der Waals surface area contributed by atoms with Crippen molar-refractivity contribution in [2.24, 2.45) is 0 Å². The molecule has 19 heavy (non-hydrogen) atoms. The van der Waals surface area contributed by atoms with Crippen molar-refractivity contribution < 1.29 is 4.79 Å². The SMILES string of the molecule is CCN(CC)C(=O)CCNc1ccc(N)c(C#N)n1. The predicted molar refractivity (Wildman–Crippen MR) is 74.4 cm³/mol. The monoisotopic (exact) mass is 261 g/mol. The van der Waals surface area contributed by atoms with E-state index < -0.39 is 0 Å². The molecule has 3 N–H and O–H groups in total. The van der Waals surface area contributed by atoms with Crippen molar-refractivity contribution in [3.8, 4) is 6.07 Å². The number of hydrogen-bond donors (Lipinski definition) is 2. The normalized spacial score (nSPS) is 9.74. The van der Waals surface area contributed by atoms with Gasteiger partial charge in [-0.2, -0.15) is 5.26 Å². The number of carbonyl (C=O) groups is 1. The number of pyridine rings is 1. The van der Waals surface area contributed by atoms with Crippen molar-refractivity contribution in [1.29, 1.82) is 5.26 Å². The first-order chi connectivity index (χ1) is 9.12. The molecule has 0 atom stereocenters. The van der Waals surface area contributed by atoms with Gasteiger partial charge in [-0.05, 0) is 26.0 Å². The van der Waals surface area contributed by atoms with E-state index in [-0.39, 0.29) is 11.6 Å². The third-order valence-corrected chi connectivity index (χ3v) is 2.79. The van der Waals surface area contributed by atoms with Crippen LogP contribution in [0, 0.1) is 11.3 Å². The van der Waals surface area contributed by atoms with Crippen molar-refractivity contribution >= 4 is 17.4 Å². The Morgan fingerprint density at radius 2 is 2.16 bits per heavy atom. The van der Waals surface area contributed by atoms with E-state index in [1.165, 1.54) is 0 Å². The summed E-state index contributed by atoms with van der Waals surface area (Å²) in [4.78, 5) is 17.6. The summed E-state index contributed by atoms with van der Waals surface area (Å²) in [5.41, 5.74) is 6.13. The summed E-state index contributed by atoms with van der Waals surface area (Å²) < 4.78 is 0. The van der Waals surface area contributed by atoms with Gasteiger partial charge in [-0.1, -0.05) is 0 Å². The highest BCUT2D eigenvalue weighted by Gasteiger charge is 2.09. The summed E-state index contributed by atoms with van der Waals surface area (Å²) in [6, 6.07) is 5.24. The minimum atomic E-state index is 0.105. The lowest BCUT2D eigenvalue weighted by Gasteiger charge is -2.18. The van der Waals surface area contributed by atoms with Crippen LogP contribution in [-0.4, -0.2) is 35.4 Å². The zero-order chi connectivity index (χ0) is 14.3. The quantitative estimate of drug-likeness (QED) is 0.802. The fraction of sp³-hybridized carbons (Fsp3) is 0.462. The Bertz CT molecular complexity index is 476. The molecule has 6 nitrogen and oxygen atoms in total. The van der Waals surface area contributed by atoms with E-state index in [1.54, 1.807) is 17.0 Å². The van der Waals surface area contributed by atoms with Crippen LogP contribution in [0.15, 0.2) is 12.1 Å². The minimum Gasteiger partial charge on any atom is -0.396 e. The molecule has 1 aromatic rings. The second kappa shape index (κ2) is 7.21. The summed E-state index contributed by atoms with van der Waals surface area (Å²) in [5, 5.41) is 11.8. The zero-order valence-corrected chi connectivity index (χ0v) is 11.3. The molecule has 6 heteroatoms. The van der Waals surface area contributed by atoms with Gasteiger partial charge in [0, 0.05) is 26.1 Å². The Morgan fingerprint density at radius 3 is 2.74 bits per heavy atom. The van der Waals surface area contributed by atoms with Crippen LogP contribution < -0.4 is 11.1 Å². The lowest BCUT2D eigenvalue weighted by Crippen LogP contribution is -2.31. The van der Waals surface area contributed by atoms with E-state index in [9.17, 15) is 4.79 Å². The zero-order valence-electron chi connectivity index (χ0n) is 11.3. The maximum absolute atomic E-state index is 11.8. The molecule has 0 spiro atoms. The van der Waals surface area contributed by atoms with Crippen LogP contribution in [-0.2, 0) is 4.79 Å². The molecule has 1 aromatic heterocycles. The number of hydrogen-bond acceptors (Lipinski definition) is 5. The first-order valence-corrected chi connectivity index (χ1v) is 6.30. The van der Waals surface area contributed by atoms with Crippen LogP contribution in [0.3, 0.4) is 0 Å². The molecule has 0 radical (unpaired) electrons. The van der Waals surface area contributed by atoms with Gasteiger partial charge in [0.15, 0.2) is 5.69 Å². The Balaban J connectivity index is 2.50. The molecular formula is C13H19N5O. The molecular weight excluding hydrogens is 242 g/mol. The summed E-state index contributed by atoms with van der Waals surface area (Å²) in [6.07, 6.45) is 0.398. The topological polar surface area (TPSA) is 95.0 Å². The predicted octanol–water partition coefficient (Wildman–Crippen LogP) is 1.21. The molecule has 0 fully saturated rings. The maximum Gasteiger partial charge on any atom is 0.224 e. The highest BCUT2D eigenvalue weighted by molar-refractivity contribution is 5.76. The average molecular weight is 261 g/mol. The van der Waals surface area contributed by atoms with Gasteiger partial charge < -0.3 is 16.0 Å². The summed E-state index contributed by atoms with van der Waals surface area (Å²) >= 11 is 0. The van der Waals surface area contributed by atoms with Gasteiger partial charge in [-0.25, -0.2) is 4.98 Å². The van der Waals surface area contributed by atoms with Crippen LogP contribution in [0.25, 0.3) is 0 Å². The molecule has 0 saturated heterocycles. The van der Waals surface area contributed by atoms with Gasteiger partial charge in [0.2, 0.25) is 5.91 Å². The van der Waals surface area contributed by atoms with Gasteiger partial charge in [0.1, 0.15) is 11.9 Å². The second-order valence-electron chi connectivity index (χ2n) is 3.99. The Hall–Kier alpha value is -2.29. The molecule has 0 aliphatic carbocycles. The third kappa shape index (κ3) is 4.14. The van der Waals surface area contributed by atoms with Gasteiger partial charge in [-0.15, -0.1) is 0 Å². The average Bonchev–Trinajstić information content (AvgIpc) is 2.42. The van der Waals surface area contributed by atoms with Crippen LogP contribution in [0.4, 0.5) is 11.5 Å². The number of aromatic nitrogens is 1. The Kier molecular flexibility index (Phi) is 5.61. The number of nitrogen functional groups attached to an aromatic ring is 1. The number of nitrogens with zero attached hydrogens (tertiary/aromatic N) is 3. The van der Waals surface area contributed by atoms with Crippen molar-refractivity contribution in [2.75, 3.05) is 30.7 Å². The number of amides is 1. The first kappa shape index (κ1) is 14.8. The van der Waals surface area contributed by atoms with Crippen LogP contribution in [0.2, 0.25) is 0 Å². The van der Waals surface area contributed by atoms with E-state index in [2.05, 4.69) is 10.3 Å². The summed E-state index contributed by atoms with van der Waals surface area (Å²) in [5.74, 6) is 0.659. The van der Waals surface area contributed by atoms with Crippen molar-refractivity contribution in [2.45, 2.75) is 20.3 Å². The van der Waals surface area contributed by atoms with E-state index in [1.807, 2.05) is 19.9 Å². The molecule has 1 amide bonds. The van der Waals surface area contributed by atoms with Gasteiger partial charge in [0.25, 0.3) is 0 Å². The molecule has 0 bridgehead atoms. The molecule has 1 rings (SSSR count). The van der Waals surface area contributed by atoms with Crippen molar-refractivity contribution in [1.82, 2.24) is 9.88 Å². The maximum atomic E-state index is 11.8. The number of nitrogens with two attached hydrogens (primary N) is 1.